The SMILES string of the molecule is C1=CC(c2ccccc2)CC=C1N(c1ccc(-c2ccc3c(c2)c2cc(C4(c5ccccc5)c5ccccc5-c5ccccc54)ccc2n3-c2ccccc2)cc1)c1ccc(C2(c3ccccc3)c3ccccc3-c3ccccc32)cc1. The van der Waals surface area contributed by atoms with Gasteiger partial charge in [0.15, 0.2) is 0 Å². The van der Waals surface area contributed by atoms with Crippen LogP contribution in [0.25, 0.3) is 60.9 Å². The Labute approximate surface area is 479 Å². The van der Waals surface area contributed by atoms with Gasteiger partial charge in [0.05, 0.1) is 21.9 Å². The molecule has 0 fully saturated rings. The van der Waals surface area contributed by atoms with Crippen LogP contribution in [0.4, 0.5) is 11.4 Å². The number of hydrogen-bond acceptors (Lipinski definition) is 1. The van der Waals surface area contributed by atoms with Crippen molar-refractivity contribution in [3.63, 3.8) is 0 Å². The predicted molar refractivity (Wildman–Crippen MR) is 340 cm³/mol. The van der Waals surface area contributed by atoms with E-state index in [2.05, 4.69) is 331 Å². The molecule has 0 amide bonds. The molecule has 1 heterocycles. The summed E-state index contributed by atoms with van der Waals surface area (Å²) in [7, 11) is 0. The van der Waals surface area contributed by atoms with Gasteiger partial charge in [0.25, 0.3) is 0 Å². The Kier molecular flexibility index (Phi) is 11.2. The monoisotopic (exact) mass is 1040 g/mol. The molecular formula is C80H56N2. The summed E-state index contributed by atoms with van der Waals surface area (Å²) >= 11 is 0. The highest BCUT2D eigenvalue weighted by molar-refractivity contribution is 6.11. The molecule has 12 aromatic carbocycles. The first kappa shape index (κ1) is 47.7. The fraction of sp³-hybridized carbons (Fsp3) is 0.0500. The van der Waals surface area contributed by atoms with Gasteiger partial charge in [-0.2, -0.15) is 0 Å². The van der Waals surface area contributed by atoms with Gasteiger partial charge in [-0.05, 0) is 157 Å². The van der Waals surface area contributed by atoms with Crippen molar-refractivity contribution in [3.8, 4) is 39.1 Å². The van der Waals surface area contributed by atoms with Crippen LogP contribution in [0.15, 0.2) is 327 Å². The molecule has 16 rings (SSSR count). The Bertz CT molecular complexity index is 4540. The van der Waals surface area contributed by atoms with Crippen molar-refractivity contribution in [1.29, 1.82) is 0 Å². The summed E-state index contributed by atoms with van der Waals surface area (Å²) in [6.45, 7) is 0. The normalized spacial score (nSPS) is 15.1. The summed E-state index contributed by atoms with van der Waals surface area (Å²) in [6, 6.07) is 113. The van der Waals surface area contributed by atoms with Gasteiger partial charge in [-0.1, -0.05) is 255 Å². The van der Waals surface area contributed by atoms with Gasteiger partial charge < -0.3 is 9.47 Å². The number of benzene rings is 12. The summed E-state index contributed by atoms with van der Waals surface area (Å²) in [6.07, 6.45) is 8.05. The quantitative estimate of drug-likeness (QED) is 0.133. The second-order valence-electron chi connectivity index (χ2n) is 22.2. The van der Waals surface area contributed by atoms with E-state index in [1.807, 2.05) is 0 Å². The van der Waals surface area contributed by atoms with Crippen molar-refractivity contribution in [2.75, 3.05) is 4.90 Å². The van der Waals surface area contributed by atoms with Crippen molar-refractivity contribution < 1.29 is 0 Å². The summed E-state index contributed by atoms with van der Waals surface area (Å²) in [5.74, 6) is 0.317. The van der Waals surface area contributed by atoms with Crippen molar-refractivity contribution >= 4 is 33.2 Å². The number of anilines is 2. The highest BCUT2D eigenvalue weighted by atomic mass is 15.1. The lowest BCUT2D eigenvalue weighted by Crippen LogP contribution is -2.28. The van der Waals surface area contributed by atoms with Crippen molar-refractivity contribution in [3.05, 3.63) is 377 Å². The number of aromatic nitrogens is 1. The zero-order valence-electron chi connectivity index (χ0n) is 45.3. The number of allylic oxidation sites excluding steroid dienone is 3. The van der Waals surface area contributed by atoms with E-state index >= 15 is 0 Å². The second kappa shape index (κ2) is 19.2. The zero-order chi connectivity index (χ0) is 54.2. The number of para-hydroxylation sites is 1. The van der Waals surface area contributed by atoms with E-state index in [4.69, 9.17) is 0 Å². The molecule has 2 nitrogen and oxygen atoms in total. The van der Waals surface area contributed by atoms with Crippen LogP contribution >= 0.6 is 0 Å². The van der Waals surface area contributed by atoms with Crippen molar-refractivity contribution in [1.82, 2.24) is 4.57 Å². The number of rotatable bonds is 10. The molecular weight excluding hydrogens is 989 g/mol. The first-order valence-electron chi connectivity index (χ1n) is 28.8. The molecule has 3 aliphatic rings. The van der Waals surface area contributed by atoms with Gasteiger partial charge in [-0.3, -0.25) is 0 Å². The lowest BCUT2D eigenvalue weighted by Gasteiger charge is -2.34. The maximum Gasteiger partial charge on any atom is 0.0713 e. The Morgan fingerprint density at radius 2 is 0.744 bits per heavy atom. The van der Waals surface area contributed by atoms with Crippen molar-refractivity contribution in [2.45, 2.75) is 23.2 Å². The molecule has 82 heavy (non-hydrogen) atoms. The van der Waals surface area contributed by atoms with E-state index < -0.39 is 10.8 Å². The van der Waals surface area contributed by atoms with Crippen LogP contribution < -0.4 is 4.90 Å². The molecule has 0 saturated carbocycles. The van der Waals surface area contributed by atoms with E-state index in [0.29, 0.717) is 5.92 Å². The Morgan fingerprint density at radius 1 is 0.341 bits per heavy atom. The van der Waals surface area contributed by atoms with Crippen LogP contribution in [0.2, 0.25) is 0 Å². The van der Waals surface area contributed by atoms with Crippen LogP contribution in [0, 0.1) is 0 Å². The fourth-order valence-corrected chi connectivity index (χ4v) is 14.5. The Hall–Kier alpha value is -10.3. The molecule has 2 heteroatoms. The molecule has 0 aliphatic heterocycles. The van der Waals surface area contributed by atoms with Gasteiger partial charge in [0.2, 0.25) is 0 Å². The lowest BCUT2D eigenvalue weighted by molar-refractivity contribution is 0.768. The minimum Gasteiger partial charge on any atom is -0.311 e. The molecule has 13 aromatic rings. The summed E-state index contributed by atoms with van der Waals surface area (Å²) in [5, 5.41) is 2.45. The third kappa shape index (κ3) is 7.21. The lowest BCUT2D eigenvalue weighted by atomic mass is 9.67. The summed E-state index contributed by atoms with van der Waals surface area (Å²) in [5.41, 5.74) is 25.0. The average Bonchev–Trinajstić information content (AvgIpc) is 4.30. The summed E-state index contributed by atoms with van der Waals surface area (Å²) < 4.78 is 2.44. The Morgan fingerprint density at radius 3 is 1.26 bits per heavy atom. The molecule has 1 unspecified atom stereocenters. The first-order chi connectivity index (χ1) is 40.7. The number of nitrogens with zero attached hydrogens (tertiary/aromatic N) is 2. The van der Waals surface area contributed by atoms with E-state index in [1.54, 1.807) is 0 Å². The van der Waals surface area contributed by atoms with Crippen LogP contribution in [0.5, 0.6) is 0 Å². The molecule has 0 bridgehead atoms. The molecule has 1 aromatic heterocycles. The van der Waals surface area contributed by atoms with Gasteiger partial charge in [0.1, 0.15) is 0 Å². The summed E-state index contributed by atoms with van der Waals surface area (Å²) in [4.78, 5) is 2.44. The fourth-order valence-electron chi connectivity index (χ4n) is 14.5. The van der Waals surface area contributed by atoms with Gasteiger partial charge in [0, 0.05) is 39.4 Å². The minimum absolute atomic E-state index is 0.317. The zero-order valence-corrected chi connectivity index (χ0v) is 45.3. The number of hydrogen-bond donors (Lipinski definition) is 0. The maximum absolute atomic E-state index is 2.50. The second-order valence-corrected chi connectivity index (χ2v) is 22.2. The number of fused-ring (bicyclic) bond motifs is 9. The molecule has 386 valence electrons. The van der Waals surface area contributed by atoms with Gasteiger partial charge in [-0.25, -0.2) is 0 Å². The maximum atomic E-state index is 2.50. The van der Waals surface area contributed by atoms with Crippen LogP contribution in [-0.2, 0) is 10.8 Å². The average molecular weight is 1050 g/mol. The molecule has 0 saturated heterocycles. The molecule has 1 atom stereocenters. The predicted octanol–water partition coefficient (Wildman–Crippen LogP) is 19.9. The largest absolute Gasteiger partial charge is 0.311 e. The molecule has 0 radical (unpaired) electrons. The van der Waals surface area contributed by atoms with E-state index in [0.717, 1.165) is 34.7 Å². The van der Waals surface area contributed by atoms with Crippen molar-refractivity contribution in [2.24, 2.45) is 0 Å². The van der Waals surface area contributed by atoms with E-state index in [1.165, 1.54) is 99.7 Å². The van der Waals surface area contributed by atoms with Crippen LogP contribution in [0.1, 0.15) is 62.4 Å². The third-order valence-electron chi connectivity index (χ3n) is 18.1. The standard InChI is InChI=1S/C80H56N2/c1-5-21-55(22-6-1)56-37-45-64(46-38-56)81(66-49-42-61(43-50-66)79(59-23-7-2-8-24-59)73-33-17-13-29-67(73)68-30-14-18-34-74(68)79)65-47-39-57(40-48-65)58-41-51-77-71(53-58)72-54-62(44-52-78(72)82(77)63-27-11-4-12-28-63)80(60-25-9-3-10-26-60)75-35-19-15-31-69(75)70-32-16-20-36-76(70)80/h1-37,39-54,56H,38H2. The smallest absolute Gasteiger partial charge is 0.0713 e. The van der Waals surface area contributed by atoms with Gasteiger partial charge in [-0.15, -0.1) is 0 Å². The van der Waals surface area contributed by atoms with E-state index in [-0.39, 0.29) is 0 Å². The molecule has 0 N–H and O–H groups in total. The van der Waals surface area contributed by atoms with Crippen LogP contribution in [-0.4, -0.2) is 4.57 Å². The molecule has 3 aliphatic carbocycles. The van der Waals surface area contributed by atoms with E-state index in [9.17, 15) is 0 Å². The van der Waals surface area contributed by atoms with Gasteiger partial charge >= 0.3 is 0 Å². The highest BCUT2D eigenvalue weighted by Gasteiger charge is 2.47. The topological polar surface area (TPSA) is 8.17 Å². The first-order valence-corrected chi connectivity index (χ1v) is 28.8. The highest BCUT2D eigenvalue weighted by Crippen LogP contribution is 2.58. The van der Waals surface area contributed by atoms with Crippen LogP contribution in [0.3, 0.4) is 0 Å². The molecule has 0 spiro atoms. The third-order valence-corrected chi connectivity index (χ3v) is 18.1. The minimum atomic E-state index is -0.508. The Balaban J connectivity index is 0.827.